The molecule has 0 aliphatic carbocycles. The largest absolute Gasteiger partial charge is 0.360 e. The second-order valence-electron chi connectivity index (χ2n) is 6.63. The fourth-order valence-corrected chi connectivity index (χ4v) is 3.72. The molecule has 0 saturated heterocycles. The molecule has 1 aliphatic rings. The van der Waals surface area contributed by atoms with Crippen molar-refractivity contribution in [1.82, 2.24) is 14.5 Å². The number of H-pyrrole nitrogens is 1. The van der Waals surface area contributed by atoms with Crippen molar-refractivity contribution in [3.8, 4) is 0 Å². The number of hydrogen-bond donors (Lipinski definition) is 1. The minimum atomic E-state index is 0.106. The summed E-state index contributed by atoms with van der Waals surface area (Å²) < 4.78 is 1.88. The van der Waals surface area contributed by atoms with Crippen LogP contribution in [-0.2, 0) is 13.5 Å². The number of aromatic amines is 1. The fourth-order valence-electron chi connectivity index (χ4n) is 3.72. The highest BCUT2D eigenvalue weighted by Crippen LogP contribution is 2.31. The number of aryl methyl sites for hydroxylation is 2. The zero-order valence-corrected chi connectivity index (χ0v) is 14.7. The van der Waals surface area contributed by atoms with Crippen LogP contribution in [0.1, 0.15) is 35.0 Å². The molecule has 0 fully saturated rings. The number of rotatable bonds is 3. The molecule has 0 spiro atoms. The van der Waals surface area contributed by atoms with Gasteiger partial charge in [-0.25, -0.2) is 0 Å². The number of benzene rings is 1. The summed E-state index contributed by atoms with van der Waals surface area (Å²) in [5.74, 6) is 0.106. The van der Waals surface area contributed by atoms with Gasteiger partial charge in [-0.1, -0.05) is 31.2 Å². The number of fused-ring (bicyclic) bond motifs is 1. The second-order valence-corrected chi connectivity index (χ2v) is 6.63. The molecule has 0 unspecified atom stereocenters. The first-order valence-corrected chi connectivity index (χ1v) is 8.88. The Bertz CT molecular complexity index is 961. The highest BCUT2D eigenvalue weighted by Gasteiger charge is 2.22. The van der Waals surface area contributed by atoms with Crippen LogP contribution in [0.2, 0.25) is 0 Å². The van der Waals surface area contributed by atoms with Crippen molar-refractivity contribution in [3.05, 3.63) is 65.6 Å². The van der Waals surface area contributed by atoms with E-state index in [1.54, 1.807) is 0 Å². The molecule has 1 amide bonds. The molecule has 1 aromatic carbocycles. The molecular formula is C21H23N3O. The van der Waals surface area contributed by atoms with E-state index in [2.05, 4.69) is 42.4 Å². The van der Waals surface area contributed by atoms with Gasteiger partial charge in [0.1, 0.15) is 5.69 Å². The quantitative estimate of drug-likeness (QED) is 0.773. The summed E-state index contributed by atoms with van der Waals surface area (Å²) >= 11 is 0. The van der Waals surface area contributed by atoms with Crippen molar-refractivity contribution in [3.63, 3.8) is 0 Å². The summed E-state index contributed by atoms with van der Waals surface area (Å²) in [7, 11) is 1.91. The van der Waals surface area contributed by atoms with Crippen molar-refractivity contribution in [2.45, 2.75) is 19.8 Å². The third-order valence-corrected chi connectivity index (χ3v) is 5.19. The van der Waals surface area contributed by atoms with E-state index < -0.39 is 0 Å². The summed E-state index contributed by atoms with van der Waals surface area (Å²) in [6.07, 6.45) is 8.14. The predicted molar refractivity (Wildman–Crippen MR) is 102 cm³/mol. The fraction of sp³-hybridized carbons (Fsp3) is 0.286. The van der Waals surface area contributed by atoms with E-state index in [0.29, 0.717) is 6.54 Å². The molecule has 128 valence electrons. The van der Waals surface area contributed by atoms with Gasteiger partial charge in [-0.15, -0.1) is 0 Å². The Hall–Kier alpha value is -2.75. The molecule has 1 N–H and O–H groups in total. The lowest BCUT2D eigenvalue weighted by Gasteiger charge is -2.26. The number of carbonyl (C=O) groups is 1. The standard InChI is InChI=1S/C21H23N3O/c1-3-15-6-4-7-17-18(14-22-20(15)17)16-9-12-24(13-10-16)21(25)19-8-5-11-23(19)2/h4-9,11,14,22H,3,10,12-13H2,1-2H3. The highest BCUT2D eigenvalue weighted by atomic mass is 16.2. The first kappa shape index (κ1) is 15.8. The zero-order chi connectivity index (χ0) is 17.4. The molecule has 2 aromatic heterocycles. The van der Waals surface area contributed by atoms with Crippen LogP contribution >= 0.6 is 0 Å². The van der Waals surface area contributed by atoms with Gasteiger partial charge in [-0.05, 0) is 36.1 Å². The van der Waals surface area contributed by atoms with Gasteiger partial charge >= 0.3 is 0 Å². The third-order valence-electron chi connectivity index (χ3n) is 5.19. The number of aromatic nitrogens is 2. The van der Waals surface area contributed by atoms with E-state index in [0.717, 1.165) is 25.1 Å². The van der Waals surface area contributed by atoms with Crippen LogP contribution in [0, 0.1) is 0 Å². The first-order valence-electron chi connectivity index (χ1n) is 8.88. The number of nitrogens with zero attached hydrogens (tertiary/aromatic N) is 2. The summed E-state index contributed by atoms with van der Waals surface area (Å²) in [4.78, 5) is 18.0. The minimum Gasteiger partial charge on any atom is -0.360 e. The van der Waals surface area contributed by atoms with Crippen LogP contribution in [-0.4, -0.2) is 33.4 Å². The van der Waals surface area contributed by atoms with Crippen molar-refractivity contribution in [2.75, 3.05) is 13.1 Å². The van der Waals surface area contributed by atoms with Crippen LogP contribution in [0.5, 0.6) is 0 Å². The molecule has 4 rings (SSSR count). The number of para-hydroxylation sites is 1. The molecule has 3 heterocycles. The van der Waals surface area contributed by atoms with Gasteiger partial charge < -0.3 is 14.5 Å². The maximum atomic E-state index is 12.6. The predicted octanol–water partition coefficient (Wildman–Crippen LogP) is 4.00. The Balaban J connectivity index is 1.59. The maximum Gasteiger partial charge on any atom is 0.270 e. The van der Waals surface area contributed by atoms with Gasteiger partial charge in [-0.2, -0.15) is 0 Å². The SMILES string of the molecule is CCc1cccc2c(C3=CCN(C(=O)c4cccn4C)CC3)c[nH]c12. The Morgan fingerprint density at radius 3 is 2.80 bits per heavy atom. The van der Waals surface area contributed by atoms with E-state index >= 15 is 0 Å². The van der Waals surface area contributed by atoms with Crippen LogP contribution in [0.3, 0.4) is 0 Å². The van der Waals surface area contributed by atoms with Gasteiger partial charge in [0.2, 0.25) is 0 Å². The van der Waals surface area contributed by atoms with Gasteiger partial charge in [0.15, 0.2) is 0 Å². The van der Waals surface area contributed by atoms with E-state index in [1.165, 1.54) is 27.6 Å². The molecule has 0 radical (unpaired) electrons. The van der Waals surface area contributed by atoms with E-state index in [1.807, 2.05) is 34.8 Å². The average molecular weight is 333 g/mol. The van der Waals surface area contributed by atoms with Crippen LogP contribution in [0.4, 0.5) is 0 Å². The maximum absolute atomic E-state index is 12.6. The molecule has 4 nitrogen and oxygen atoms in total. The molecule has 4 heteroatoms. The summed E-state index contributed by atoms with van der Waals surface area (Å²) in [5, 5.41) is 1.29. The molecule has 0 saturated carbocycles. The number of hydrogen-bond acceptors (Lipinski definition) is 1. The first-order chi connectivity index (χ1) is 12.2. The molecule has 1 aliphatic heterocycles. The normalized spacial score (nSPS) is 14.8. The van der Waals surface area contributed by atoms with Gasteiger partial charge in [0.05, 0.1) is 0 Å². The Morgan fingerprint density at radius 1 is 1.24 bits per heavy atom. The highest BCUT2D eigenvalue weighted by molar-refractivity contribution is 5.96. The average Bonchev–Trinajstić information content (AvgIpc) is 3.27. The van der Waals surface area contributed by atoms with Gasteiger partial charge in [0.25, 0.3) is 5.91 Å². The third kappa shape index (κ3) is 2.68. The van der Waals surface area contributed by atoms with Crippen molar-refractivity contribution in [1.29, 1.82) is 0 Å². The van der Waals surface area contributed by atoms with Gasteiger partial charge in [-0.3, -0.25) is 4.79 Å². The van der Waals surface area contributed by atoms with Crippen LogP contribution < -0.4 is 0 Å². The number of carbonyl (C=O) groups excluding carboxylic acids is 1. The monoisotopic (exact) mass is 333 g/mol. The lowest BCUT2D eigenvalue weighted by atomic mass is 9.97. The van der Waals surface area contributed by atoms with E-state index in [4.69, 9.17) is 0 Å². The number of nitrogens with one attached hydrogen (secondary N) is 1. The number of amides is 1. The van der Waals surface area contributed by atoms with Crippen molar-refractivity contribution in [2.24, 2.45) is 7.05 Å². The lowest BCUT2D eigenvalue weighted by Crippen LogP contribution is -2.35. The van der Waals surface area contributed by atoms with Gasteiger partial charge in [0, 0.05) is 49.0 Å². The molecule has 3 aromatic rings. The Kier molecular flexibility index (Phi) is 3.96. The Morgan fingerprint density at radius 2 is 2.12 bits per heavy atom. The van der Waals surface area contributed by atoms with Crippen molar-refractivity contribution >= 4 is 22.4 Å². The molecular weight excluding hydrogens is 310 g/mol. The van der Waals surface area contributed by atoms with Crippen LogP contribution in [0.15, 0.2) is 48.8 Å². The lowest BCUT2D eigenvalue weighted by molar-refractivity contribution is 0.0763. The van der Waals surface area contributed by atoms with Crippen molar-refractivity contribution < 1.29 is 4.79 Å². The van der Waals surface area contributed by atoms with E-state index in [9.17, 15) is 4.79 Å². The molecule has 0 bridgehead atoms. The summed E-state index contributed by atoms with van der Waals surface area (Å²) in [6.45, 7) is 3.61. The van der Waals surface area contributed by atoms with Crippen LogP contribution in [0.25, 0.3) is 16.5 Å². The molecule has 0 atom stereocenters. The molecule has 25 heavy (non-hydrogen) atoms. The van der Waals surface area contributed by atoms with E-state index in [-0.39, 0.29) is 5.91 Å². The Labute approximate surface area is 147 Å². The minimum absolute atomic E-state index is 0.106. The zero-order valence-electron chi connectivity index (χ0n) is 14.7. The summed E-state index contributed by atoms with van der Waals surface area (Å²) in [5.41, 5.74) is 5.94. The second kappa shape index (κ2) is 6.28. The topological polar surface area (TPSA) is 41.0 Å². The summed E-state index contributed by atoms with van der Waals surface area (Å²) in [6, 6.07) is 10.3. The smallest absolute Gasteiger partial charge is 0.270 e.